The molecule has 1 amide bonds. The first-order valence-corrected chi connectivity index (χ1v) is 12.1. The lowest BCUT2D eigenvalue weighted by Gasteiger charge is -2.38. The van der Waals surface area contributed by atoms with Gasteiger partial charge in [-0.3, -0.25) is 14.5 Å². The fourth-order valence-electron chi connectivity index (χ4n) is 5.88. The molecule has 1 aromatic heterocycles. The standard InChI is InChI=1S/C24H36N4O2/c1-15-5-7-18(8-6-15)27-11-9-21-20(14-27)23(29)26-22(25-21)17-4-3-10-28(13-17)24(30)19-12-16(19)2/h15-19H,3-14H2,1-2H3,(H,25,26,29)/t15?,16-,17-,18?,19+/m0/s1. The molecule has 3 fully saturated rings. The smallest absolute Gasteiger partial charge is 0.255 e. The molecule has 2 aliphatic carbocycles. The van der Waals surface area contributed by atoms with Crippen LogP contribution in [0, 0.1) is 17.8 Å². The number of fused-ring (bicyclic) bond motifs is 1. The topological polar surface area (TPSA) is 69.3 Å². The van der Waals surface area contributed by atoms with Gasteiger partial charge in [-0.2, -0.15) is 0 Å². The minimum atomic E-state index is 0.0446. The second-order valence-corrected chi connectivity index (χ2v) is 10.5. The molecule has 6 heteroatoms. The SMILES string of the molecule is CC1CCC(N2CCc3nc([C@H]4CCCN(C(=O)[C@@H]5C[C@@H]5C)C4)[nH]c(=O)c3C2)CC1. The first-order chi connectivity index (χ1) is 14.5. The summed E-state index contributed by atoms with van der Waals surface area (Å²) in [5.41, 5.74) is 1.91. The zero-order valence-corrected chi connectivity index (χ0v) is 18.5. The van der Waals surface area contributed by atoms with Gasteiger partial charge in [-0.25, -0.2) is 4.98 Å². The van der Waals surface area contributed by atoms with Crippen molar-refractivity contribution in [2.75, 3.05) is 19.6 Å². The highest BCUT2D eigenvalue weighted by atomic mass is 16.2. The summed E-state index contributed by atoms with van der Waals surface area (Å²) in [6.45, 7) is 7.81. The van der Waals surface area contributed by atoms with Crippen molar-refractivity contribution in [3.8, 4) is 0 Å². The lowest BCUT2D eigenvalue weighted by atomic mass is 9.86. The predicted octanol–water partition coefficient (Wildman–Crippen LogP) is 3.07. The van der Waals surface area contributed by atoms with E-state index >= 15 is 0 Å². The summed E-state index contributed by atoms with van der Waals surface area (Å²) in [5.74, 6) is 2.89. The Morgan fingerprint density at radius 3 is 2.60 bits per heavy atom. The molecule has 0 unspecified atom stereocenters. The molecule has 30 heavy (non-hydrogen) atoms. The second-order valence-electron chi connectivity index (χ2n) is 10.5. The number of amides is 1. The van der Waals surface area contributed by atoms with Crippen LogP contribution < -0.4 is 5.56 Å². The molecule has 1 N–H and O–H groups in total. The van der Waals surface area contributed by atoms with Crippen LogP contribution in [0.2, 0.25) is 0 Å². The van der Waals surface area contributed by atoms with Crippen LogP contribution in [0.5, 0.6) is 0 Å². The summed E-state index contributed by atoms with van der Waals surface area (Å²) in [7, 11) is 0. The van der Waals surface area contributed by atoms with Crippen molar-refractivity contribution in [3.05, 3.63) is 27.4 Å². The average Bonchev–Trinajstić information content (AvgIpc) is 3.50. The monoisotopic (exact) mass is 412 g/mol. The molecule has 1 aromatic rings. The number of aromatic nitrogens is 2. The van der Waals surface area contributed by atoms with Crippen molar-refractivity contribution in [2.24, 2.45) is 17.8 Å². The van der Waals surface area contributed by atoms with Crippen LogP contribution in [-0.4, -0.2) is 51.4 Å². The fraction of sp³-hybridized carbons (Fsp3) is 0.792. The van der Waals surface area contributed by atoms with Crippen LogP contribution in [0.25, 0.3) is 0 Å². The van der Waals surface area contributed by atoms with E-state index in [1.807, 2.05) is 4.90 Å². The number of H-pyrrole nitrogens is 1. The number of rotatable bonds is 3. The highest BCUT2D eigenvalue weighted by Gasteiger charge is 2.42. The highest BCUT2D eigenvalue weighted by Crippen LogP contribution is 2.40. The highest BCUT2D eigenvalue weighted by molar-refractivity contribution is 5.81. The van der Waals surface area contributed by atoms with Gasteiger partial charge in [0.1, 0.15) is 5.82 Å². The van der Waals surface area contributed by atoms with Gasteiger partial charge in [-0.15, -0.1) is 0 Å². The number of hydrogen-bond acceptors (Lipinski definition) is 4. The molecule has 1 saturated heterocycles. The Kier molecular flexibility index (Phi) is 5.46. The van der Waals surface area contributed by atoms with Crippen LogP contribution >= 0.6 is 0 Å². The van der Waals surface area contributed by atoms with E-state index in [0.717, 1.165) is 68.3 Å². The van der Waals surface area contributed by atoms with Gasteiger partial charge in [0, 0.05) is 50.5 Å². The number of nitrogens with zero attached hydrogens (tertiary/aromatic N) is 3. The lowest BCUT2D eigenvalue weighted by molar-refractivity contribution is -0.134. The minimum absolute atomic E-state index is 0.0446. The normalized spacial score (nSPS) is 34.5. The Bertz CT molecular complexity index is 857. The zero-order valence-electron chi connectivity index (χ0n) is 18.5. The average molecular weight is 413 g/mol. The summed E-state index contributed by atoms with van der Waals surface area (Å²) < 4.78 is 0. The summed E-state index contributed by atoms with van der Waals surface area (Å²) in [4.78, 5) is 38.3. The summed E-state index contributed by atoms with van der Waals surface area (Å²) in [5, 5.41) is 0. The van der Waals surface area contributed by atoms with Crippen LogP contribution in [0.3, 0.4) is 0 Å². The van der Waals surface area contributed by atoms with E-state index in [4.69, 9.17) is 4.98 Å². The molecule has 0 bridgehead atoms. The van der Waals surface area contributed by atoms with Gasteiger partial charge >= 0.3 is 0 Å². The number of nitrogens with one attached hydrogen (secondary N) is 1. The van der Waals surface area contributed by atoms with E-state index in [0.29, 0.717) is 24.4 Å². The van der Waals surface area contributed by atoms with E-state index < -0.39 is 0 Å². The van der Waals surface area contributed by atoms with Gasteiger partial charge in [0.15, 0.2) is 0 Å². The van der Waals surface area contributed by atoms with Crippen molar-refractivity contribution in [1.82, 2.24) is 19.8 Å². The Labute approximate surface area is 179 Å². The van der Waals surface area contributed by atoms with E-state index in [1.165, 1.54) is 25.7 Å². The maximum Gasteiger partial charge on any atom is 0.255 e. The summed E-state index contributed by atoms with van der Waals surface area (Å²) in [6, 6.07) is 0.621. The van der Waals surface area contributed by atoms with Crippen LogP contribution in [0.4, 0.5) is 0 Å². The Morgan fingerprint density at radius 1 is 1.10 bits per heavy atom. The molecule has 3 atom stereocenters. The zero-order chi connectivity index (χ0) is 20.8. The number of likely N-dealkylation sites (tertiary alicyclic amines) is 1. The summed E-state index contributed by atoms with van der Waals surface area (Å²) in [6.07, 6.45) is 9.01. The van der Waals surface area contributed by atoms with Gasteiger partial charge < -0.3 is 9.88 Å². The van der Waals surface area contributed by atoms with Gasteiger partial charge in [0.2, 0.25) is 5.91 Å². The van der Waals surface area contributed by atoms with Crippen LogP contribution in [-0.2, 0) is 17.8 Å². The molecule has 0 spiro atoms. The number of piperidine rings is 1. The molecule has 0 aromatic carbocycles. The molecular formula is C24H36N4O2. The fourth-order valence-corrected chi connectivity index (χ4v) is 5.88. The first kappa shape index (κ1) is 20.2. The number of aromatic amines is 1. The van der Waals surface area contributed by atoms with Crippen molar-refractivity contribution in [1.29, 1.82) is 0 Å². The molecule has 0 radical (unpaired) electrons. The summed E-state index contributed by atoms with van der Waals surface area (Å²) >= 11 is 0. The van der Waals surface area contributed by atoms with Crippen LogP contribution in [0.1, 0.15) is 81.8 Å². The molecule has 5 rings (SSSR count). The van der Waals surface area contributed by atoms with Gasteiger partial charge in [-0.1, -0.05) is 13.8 Å². The quantitative estimate of drug-likeness (QED) is 0.828. The molecule has 2 saturated carbocycles. The molecule has 4 aliphatic rings. The predicted molar refractivity (Wildman–Crippen MR) is 116 cm³/mol. The lowest BCUT2D eigenvalue weighted by Crippen LogP contribution is -2.44. The van der Waals surface area contributed by atoms with E-state index in [2.05, 4.69) is 23.7 Å². The Balaban J connectivity index is 1.29. The van der Waals surface area contributed by atoms with Crippen molar-refractivity contribution < 1.29 is 4.79 Å². The van der Waals surface area contributed by atoms with Crippen molar-refractivity contribution in [2.45, 2.75) is 83.7 Å². The maximum absolute atomic E-state index is 13.0. The first-order valence-electron chi connectivity index (χ1n) is 12.1. The van der Waals surface area contributed by atoms with Gasteiger partial charge in [-0.05, 0) is 56.8 Å². The largest absolute Gasteiger partial charge is 0.342 e. The number of carbonyl (C=O) groups excluding carboxylic acids is 1. The van der Waals surface area contributed by atoms with E-state index in [9.17, 15) is 9.59 Å². The Hall–Kier alpha value is -1.69. The number of carbonyl (C=O) groups is 1. The third kappa shape index (κ3) is 3.95. The third-order valence-electron chi connectivity index (χ3n) is 8.16. The van der Waals surface area contributed by atoms with Crippen LogP contribution in [0.15, 0.2) is 4.79 Å². The Morgan fingerprint density at radius 2 is 1.87 bits per heavy atom. The molecular weight excluding hydrogens is 376 g/mol. The molecule has 3 heterocycles. The number of hydrogen-bond donors (Lipinski definition) is 1. The van der Waals surface area contributed by atoms with Crippen molar-refractivity contribution in [3.63, 3.8) is 0 Å². The molecule has 2 aliphatic heterocycles. The molecule has 6 nitrogen and oxygen atoms in total. The van der Waals surface area contributed by atoms with E-state index in [-0.39, 0.29) is 17.4 Å². The minimum Gasteiger partial charge on any atom is -0.342 e. The molecule has 164 valence electrons. The second kappa shape index (κ2) is 8.10. The maximum atomic E-state index is 13.0. The van der Waals surface area contributed by atoms with Gasteiger partial charge in [0.25, 0.3) is 5.56 Å². The third-order valence-corrected chi connectivity index (χ3v) is 8.16. The van der Waals surface area contributed by atoms with E-state index in [1.54, 1.807) is 0 Å². The van der Waals surface area contributed by atoms with Gasteiger partial charge in [0.05, 0.1) is 11.3 Å². The van der Waals surface area contributed by atoms with Crippen molar-refractivity contribution >= 4 is 5.91 Å².